The lowest BCUT2D eigenvalue weighted by atomic mass is 10.0. The number of benzene rings is 1. The number of nitrogens with zero attached hydrogens (tertiary/aromatic N) is 2. The molecule has 0 fully saturated rings. The molecular weight excluding hydrogens is 272 g/mol. The quantitative estimate of drug-likeness (QED) is 0.796. The fourth-order valence-electron chi connectivity index (χ4n) is 1.93. The predicted molar refractivity (Wildman–Crippen MR) is 80.7 cm³/mol. The molecule has 0 radical (unpaired) electrons. The third kappa shape index (κ3) is 3.39. The molecule has 0 aliphatic rings. The number of rotatable bonds is 3. The highest BCUT2D eigenvalue weighted by molar-refractivity contribution is 6.09. The van der Waals surface area contributed by atoms with Gasteiger partial charge in [0.05, 0.1) is 18.5 Å². The molecule has 21 heavy (non-hydrogen) atoms. The van der Waals surface area contributed by atoms with E-state index in [4.69, 9.17) is 4.74 Å². The second-order valence-corrected chi connectivity index (χ2v) is 4.83. The number of aryl methyl sites for hydroxylation is 1. The fourth-order valence-corrected chi connectivity index (χ4v) is 1.93. The first-order valence-corrected chi connectivity index (χ1v) is 6.42. The van der Waals surface area contributed by atoms with Gasteiger partial charge in [0, 0.05) is 27.9 Å². The van der Waals surface area contributed by atoms with Crippen LogP contribution in [0.4, 0.5) is 11.4 Å². The summed E-state index contributed by atoms with van der Waals surface area (Å²) >= 11 is 0. The zero-order valence-electron chi connectivity index (χ0n) is 13.2. The van der Waals surface area contributed by atoms with Gasteiger partial charge in [-0.15, -0.1) is 0 Å². The summed E-state index contributed by atoms with van der Waals surface area (Å²) in [6.07, 6.45) is 0. The van der Waals surface area contributed by atoms with Crippen molar-refractivity contribution in [1.29, 1.82) is 0 Å². The van der Waals surface area contributed by atoms with Crippen molar-refractivity contribution in [3.05, 3.63) is 23.3 Å². The minimum atomic E-state index is -0.596. The van der Waals surface area contributed by atoms with Crippen LogP contribution in [-0.4, -0.2) is 39.0 Å². The number of esters is 1. The maximum Gasteiger partial charge on any atom is 0.342 e. The topological polar surface area (TPSA) is 66.9 Å². The smallest absolute Gasteiger partial charge is 0.342 e. The van der Waals surface area contributed by atoms with E-state index in [0.29, 0.717) is 11.4 Å². The molecule has 0 aromatic heterocycles. The van der Waals surface area contributed by atoms with Gasteiger partial charge in [0.1, 0.15) is 5.56 Å². The van der Waals surface area contributed by atoms with Gasteiger partial charge in [-0.05, 0) is 24.6 Å². The summed E-state index contributed by atoms with van der Waals surface area (Å²) in [6.45, 7) is 4.63. The van der Waals surface area contributed by atoms with Crippen LogP contribution in [0.15, 0.2) is 12.1 Å². The van der Waals surface area contributed by atoms with Crippen molar-refractivity contribution in [2.24, 2.45) is 0 Å². The molecule has 6 nitrogen and oxygen atoms in total. The van der Waals surface area contributed by atoms with Crippen LogP contribution in [0.2, 0.25) is 0 Å². The average Bonchev–Trinajstić information content (AvgIpc) is 2.43. The summed E-state index contributed by atoms with van der Waals surface area (Å²) in [5.74, 6) is -1.04. The minimum Gasteiger partial charge on any atom is -0.465 e. The number of anilines is 2. The molecule has 0 aliphatic carbocycles. The predicted octanol–water partition coefficient (Wildman–Crippen LogP) is 1.75. The highest BCUT2D eigenvalue weighted by Crippen LogP contribution is 2.32. The Kier molecular flexibility index (Phi) is 5.07. The van der Waals surface area contributed by atoms with Crippen molar-refractivity contribution in [3.63, 3.8) is 0 Å². The number of methoxy groups -OCH3 is 1. The van der Waals surface area contributed by atoms with E-state index in [1.807, 2.05) is 6.92 Å². The largest absolute Gasteiger partial charge is 0.465 e. The van der Waals surface area contributed by atoms with Gasteiger partial charge in [-0.25, -0.2) is 4.79 Å². The first-order valence-electron chi connectivity index (χ1n) is 6.42. The lowest BCUT2D eigenvalue weighted by molar-refractivity contribution is -0.117. The lowest BCUT2D eigenvalue weighted by Crippen LogP contribution is -2.29. The fraction of sp³-hybridized carbons (Fsp3) is 0.400. The van der Waals surface area contributed by atoms with E-state index in [1.165, 1.54) is 30.8 Å². The molecule has 1 aromatic rings. The van der Waals surface area contributed by atoms with Gasteiger partial charge in [-0.3, -0.25) is 9.59 Å². The molecule has 0 bridgehead atoms. The van der Waals surface area contributed by atoms with Crippen molar-refractivity contribution >= 4 is 29.2 Å². The zero-order valence-corrected chi connectivity index (χ0v) is 13.2. The van der Waals surface area contributed by atoms with Crippen LogP contribution >= 0.6 is 0 Å². The van der Waals surface area contributed by atoms with Gasteiger partial charge >= 0.3 is 5.97 Å². The molecule has 0 atom stereocenters. The third-order valence-electron chi connectivity index (χ3n) is 3.30. The molecule has 0 N–H and O–H groups in total. The summed E-state index contributed by atoms with van der Waals surface area (Å²) in [5.41, 5.74) is 1.85. The van der Waals surface area contributed by atoms with Crippen LogP contribution in [0.1, 0.15) is 29.8 Å². The monoisotopic (exact) mass is 292 g/mol. The van der Waals surface area contributed by atoms with E-state index in [9.17, 15) is 14.4 Å². The van der Waals surface area contributed by atoms with E-state index >= 15 is 0 Å². The van der Waals surface area contributed by atoms with Crippen molar-refractivity contribution in [3.8, 4) is 0 Å². The van der Waals surface area contributed by atoms with Gasteiger partial charge in [0.25, 0.3) is 0 Å². The lowest BCUT2D eigenvalue weighted by Gasteiger charge is -2.25. The first kappa shape index (κ1) is 16.7. The Morgan fingerprint density at radius 2 is 1.33 bits per heavy atom. The Labute approximate surface area is 124 Å². The molecule has 1 aromatic carbocycles. The minimum absolute atomic E-state index is 0.193. The molecule has 0 aliphatic heterocycles. The number of ether oxygens (including phenoxy) is 1. The number of carbonyl (C=O) groups excluding carboxylic acids is 3. The second-order valence-electron chi connectivity index (χ2n) is 4.83. The van der Waals surface area contributed by atoms with E-state index in [1.54, 1.807) is 26.2 Å². The average molecular weight is 292 g/mol. The number of amides is 2. The molecule has 0 saturated heterocycles. The molecule has 6 heteroatoms. The summed E-state index contributed by atoms with van der Waals surface area (Å²) in [7, 11) is 4.40. The molecule has 114 valence electrons. The summed E-state index contributed by atoms with van der Waals surface area (Å²) in [5, 5.41) is 0. The maximum atomic E-state index is 12.1. The Balaban J connectivity index is 3.67. The Hall–Kier alpha value is -2.37. The number of hydrogen-bond donors (Lipinski definition) is 0. The highest BCUT2D eigenvalue weighted by atomic mass is 16.5. The Bertz CT molecular complexity index is 554. The Morgan fingerprint density at radius 1 is 0.952 bits per heavy atom. The Morgan fingerprint density at radius 3 is 1.62 bits per heavy atom. The van der Waals surface area contributed by atoms with Crippen LogP contribution in [0, 0.1) is 6.92 Å². The van der Waals surface area contributed by atoms with Crippen LogP contribution in [0.3, 0.4) is 0 Å². The van der Waals surface area contributed by atoms with Crippen molar-refractivity contribution in [2.45, 2.75) is 20.8 Å². The molecule has 0 spiro atoms. The molecule has 0 saturated carbocycles. The van der Waals surface area contributed by atoms with Crippen LogP contribution in [0.25, 0.3) is 0 Å². The maximum absolute atomic E-state index is 12.1. The zero-order chi connectivity index (χ0) is 16.3. The standard InChI is InChI=1S/C15H20N2O4/c1-9-7-12(16(4)10(2)18)14(15(20)21-6)13(8-9)17(5)11(3)19/h7-8H,1-6H3. The van der Waals surface area contributed by atoms with E-state index in [-0.39, 0.29) is 17.4 Å². The number of hydrogen-bond acceptors (Lipinski definition) is 4. The molecule has 1 rings (SSSR count). The van der Waals surface area contributed by atoms with Crippen molar-refractivity contribution in [1.82, 2.24) is 0 Å². The van der Waals surface area contributed by atoms with Crippen LogP contribution in [0.5, 0.6) is 0 Å². The van der Waals surface area contributed by atoms with Gasteiger partial charge in [0.2, 0.25) is 11.8 Å². The third-order valence-corrected chi connectivity index (χ3v) is 3.30. The highest BCUT2D eigenvalue weighted by Gasteiger charge is 2.25. The van der Waals surface area contributed by atoms with Crippen molar-refractivity contribution in [2.75, 3.05) is 31.0 Å². The molecule has 0 unspecified atom stereocenters. The van der Waals surface area contributed by atoms with E-state index < -0.39 is 5.97 Å². The second kappa shape index (κ2) is 6.39. The van der Waals surface area contributed by atoms with Crippen LogP contribution in [-0.2, 0) is 14.3 Å². The van der Waals surface area contributed by atoms with Gasteiger partial charge in [0.15, 0.2) is 0 Å². The van der Waals surface area contributed by atoms with Gasteiger partial charge in [-0.2, -0.15) is 0 Å². The SMILES string of the molecule is COC(=O)c1c(N(C)C(C)=O)cc(C)cc1N(C)C(C)=O. The normalized spacial score (nSPS) is 10.0. The van der Waals surface area contributed by atoms with Gasteiger partial charge < -0.3 is 14.5 Å². The van der Waals surface area contributed by atoms with Crippen molar-refractivity contribution < 1.29 is 19.1 Å². The van der Waals surface area contributed by atoms with Crippen LogP contribution < -0.4 is 9.80 Å². The first-order chi connectivity index (χ1) is 9.70. The molecule has 0 heterocycles. The van der Waals surface area contributed by atoms with E-state index in [0.717, 1.165) is 5.56 Å². The number of carbonyl (C=O) groups is 3. The summed E-state index contributed by atoms with van der Waals surface area (Å²) in [4.78, 5) is 38.1. The molecular formula is C15H20N2O4. The van der Waals surface area contributed by atoms with Gasteiger partial charge in [-0.1, -0.05) is 0 Å². The molecule has 2 amide bonds. The summed E-state index contributed by atoms with van der Waals surface area (Å²) in [6, 6.07) is 3.43. The summed E-state index contributed by atoms with van der Waals surface area (Å²) < 4.78 is 4.80. The van der Waals surface area contributed by atoms with E-state index in [2.05, 4.69) is 0 Å².